The van der Waals surface area contributed by atoms with E-state index in [-0.39, 0.29) is 12.3 Å². The minimum absolute atomic E-state index is 0.178. The monoisotopic (exact) mass is 213 g/mol. The third kappa shape index (κ3) is 3.12. The molecule has 0 aromatic heterocycles. The summed E-state index contributed by atoms with van der Waals surface area (Å²) in [6.45, 7) is 0.216. The zero-order chi connectivity index (χ0) is 11.3. The summed E-state index contributed by atoms with van der Waals surface area (Å²) in [6.07, 6.45) is -0.550. The Hall–Kier alpha value is -1.78. The molecule has 0 fully saturated rings. The fourth-order valence-electron chi connectivity index (χ4n) is 1.07. The largest absolute Gasteiger partial charge is 0.494 e. The first kappa shape index (κ1) is 11.3. The van der Waals surface area contributed by atoms with Crippen molar-refractivity contribution in [3.8, 4) is 5.75 Å². The predicted octanol–water partition coefficient (Wildman–Crippen LogP) is 1.69. The van der Waals surface area contributed by atoms with Gasteiger partial charge in [0.2, 0.25) is 0 Å². The molecule has 0 aliphatic rings. The fraction of sp³-hybridized carbons (Fsp3) is 0.300. The lowest BCUT2D eigenvalue weighted by Crippen LogP contribution is -2.22. The topological polar surface area (TPSA) is 47.6 Å². The third-order valence-electron chi connectivity index (χ3n) is 1.84. The number of halogens is 1. The molecule has 0 heterocycles. The molecule has 5 heteroatoms. The normalized spacial score (nSPS) is 9.53. The number of carbonyl (C=O) groups excluding carboxylic acids is 1. The number of benzene rings is 1. The van der Waals surface area contributed by atoms with Crippen molar-refractivity contribution in [1.29, 1.82) is 0 Å². The summed E-state index contributed by atoms with van der Waals surface area (Å²) < 4.78 is 22.3. The Morgan fingerprint density at radius 3 is 2.73 bits per heavy atom. The van der Waals surface area contributed by atoms with Gasteiger partial charge in [-0.05, 0) is 17.7 Å². The van der Waals surface area contributed by atoms with Gasteiger partial charge in [0.25, 0.3) is 0 Å². The molecular formula is C10H12FNO3. The standard InChI is InChI=1S/C10H12FNO3/c1-14-9-4-3-7(5-8(9)11)6-12-10(13)15-2/h3-5H,6H2,1-2H3,(H,12,13). The van der Waals surface area contributed by atoms with E-state index in [1.54, 1.807) is 6.07 Å². The summed E-state index contributed by atoms with van der Waals surface area (Å²) in [5.74, 6) is -0.279. The summed E-state index contributed by atoms with van der Waals surface area (Å²) in [5.41, 5.74) is 0.638. The van der Waals surface area contributed by atoms with Crippen LogP contribution in [0, 0.1) is 5.82 Å². The molecule has 1 amide bonds. The first-order valence-corrected chi connectivity index (χ1v) is 4.31. The molecule has 1 aromatic rings. The van der Waals surface area contributed by atoms with Crippen LogP contribution in [0.2, 0.25) is 0 Å². The van der Waals surface area contributed by atoms with Crippen molar-refractivity contribution < 1.29 is 18.7 Å². The smallest absolute Gasteiger partial charge is 0.407 e. The molecule has 0 atom stereocenters. The highest BCUT2D eigenvalue weighted by atomic mass is 19.1. The van der Waals surface area contributed by atoms with Crippen LogP contribution >= 0.6 is 0 Å². The van der Waals surface area contributed by atoms with Crippen LogP contribution in [0.4, 0.5) is 9.18 Å². The second kappa shape index (κ2) is 5.19. The van der Waals surface area contributed by atoms with Gasteiger partial charge in [0.05, 0.1) is 14.2 Å². The lowest BCUT2D eigenvalue weighted by Gasteiger charge is -2.06. The van der Waals surface area contributed by atoms with Crippen molar-refractivity contribution in [2.75, 3.05) is 14.2 Å². The molecular weight excluding hydrogens is 201 g/mol. The van der Waals surface area contributed by atoms with Crippen LogP contribution in [-0.2, 0) is 11.3 Å². The highest BCUT2D eigenvalue weighted by Gasteiger charge is 2.04. The maximum Gasteiger partial charge on any atom is 0.407 e. The summed E-state index contributed by atoms with van der Waals surface area (Å²) in [6, 6.07) is 4.47. The van der Waals surface area contributed by atoms with Gasteiger partial charge in [0.1, 0.15) is 0 Å². The second-order valence-electron chi connectivity index (χ2n) is 2.81. The van der Waals surface area contributed by atoms with Gasteiger partial charge in [-0.15, -0.1) is 0 Å². The first-order chi connectivity index (χ1) is 7.17. The van der Waals surface area contributed by atoms with Crippen molar-refractivity contribution in [3.63, 3.8) is 0 Å². The van der Waals surface area contributed by atoms with E-state index in [0.717, 1.165) is 0 Å². The highest BCUT2D eigenvalue weighted by molar-refractivity contribution is 5.66. The molecule has 0 spiro atoms. The lowest BCUT2D eigenvalue weighted by molar-refractivity contribution is 0.170. The number of alkyl carbamates (subject to hydrolysis) is 1. The minimum atomic E-state index is -0.550. The zero-order valence-corrected chi connectivity index (χ0v) is 8.54. The lowest BCUT2D eigenvalue weighted by atomic mass is 10.2. The number of rotatable bonds is 3. The van der Waals surface area contributed by atoms with Crippen molar-refractivity contribution in [2.45, 2.75) is 6.54 Å². The van der Waals surface area contributed by atoms with Gasteiger partial charge < -0.3 is 14.8 Å². The van der Waals surface area contributed by atoms with Crippen LogP contribution in [0.3, 0.4) is 0 Å². The number of amides is 1. The Balaban J connectivity index is 2.63. The molecule has 4 nitrogen and oxygen atoms in total. The first-order valence-electron chi connectivity index (χ1n) is 4.31. The molecule has 15 heavy (non-hydrogen) atoms. The Morgan fingerprint density at radius 2 is 2.20 bits per heavy atom. The van der Waals surface area contributed by atoms with Gasteiger partial charge in [-0.25, -0.2) is 9.18 Å². The Morgan fingerprint density at radius 1 is 1.47 bits per heavy atom. The molecule has 0 saturated carbocycles. The second-order valence-corrected chi connectivity index (χ2v) is 2.81. The van der Waals surface area contributed by atoms with Crippen LogP contribution < -0.4 is 10.1 Å². The summed E-state index contributed by atoms with van der Waals surface area (Å²) in [7, 11) is 2.66. The van der Waals surface area contributed by atoms with Crippen molar-refractivity contribution in [2.24, 2.45) is 0 Å². The number of ether oxygens (including phenoxy) is 2. The van der Waals surface area contributed by atoms with Crippen LogP contribution in [0.1, 0.15) is 5.56 Å². The maximum absolute atomic E-state index is 13.2. The molecule has 1 rings (SSSR count). The van der Waals surface area contributed by atoms with Crippen LogP contribution in [0.5, 0.6) is 5.75 Å². The SMILES string of the molecule is COC(=O)NCc1ccc(OC)c(F)c1. The molecule has 0 unspecified atom stereocenters. The molecule has 0 radical (unpaired) electrons. The average Bonchev–Trinajstić information content (AvgIpc) is 2.26. The van der Waals surface area contributed by atoms with Crippen LogP contribution in [-0.4, -0.2) is 20.3 Å². The van der Waals surface area contributed by atoms with Gasteiger partial charge >= 0.3 is 6.09 Å². The number of hydrogen-bond acceptors (Lipinski definition) is 3. The van der Waals surface area contributed by atoms with E-state index >= 15 is 0 Å². The molecule has 1 N–H and O–H groups in total. The van der Waals surface area contributed by atoms with Crippen LogP contribution in [0.15, 0.2) is 18.2 Å². The predicted molar refractivity (Wildman–Crippen MR) is 52.2 cm³/mol. The zero-order valence-electron chi connectivity index (χ0n) is 8.54. The molecule has 0 aliphatic heterocycles. The van der Waals surface area contributed by atoms with Gasteiger partial charge in [-0.2, -0.15) is 0 Å². The summed E-state index contributed by atoms with van der Waals surface area (Å²) in [5, 5.41) is 2.44. The Labute approximate surface area is 87.0 Å². The van der Waals surface area contributed by atoms with Gasteiger partial charge in [-0.3, -0.25) is 0 Å². The fourth-order valence-corrected chi connectivity index (χ4v) is 1.07. The highest BCUT2D eigenvalue weighted by Crippen LogP contribution is 2.17. The van der Waals surface area contributed by atoms with E-state index in [2.05, 4.69) is 10.1 Å². The average molecular weight is 213 g/mol. The van der Waals surface area contributed by atoms with Gasteiger partial charge in [0.15, 0.2) is 11.6 Å². The number of hydrogen-bond donors (Lipinski definition) is 1. The van der Waals surface area contributed by atoms with Crippen molar-refractivity contribution in [1.82, 2.24) is 5.32 Å². The number of carbonyl (C=O) groups is 1. The van der Waals surface area contributed by atoms with E-state index in [1.165, 1.54) is 26.4 Å². The van der Waals surface area contributed by atoms with Crippen molar-refractivity contribution >= 4 is 6.09 Å². The van der Waals surface area contributed by atoms with Gasteiger partial charge in [0, 0.05) is 6.54 Å². The maximum atomic E-state index is 13.2. The number of nitrogens with one attached hydrogen (secondary N) is 1. The Bertz CT molecular complexity index is 355. The van der Waals surface area contributed by atoms with E-state index in [4.69, 9.17) is 4.74 Å². The van der Waals surface area contributed by atoms with E-state index in [1.807, 2.05) is 0 Å². The Kier molecular flexibility index (Phi) is 3.91. The molecule has 0 saturated heterocycles. The van der Waals surface area contributed by atoms with Crippen LogP contribution in [0.25, 0.3) is 0 Å². The van der Waals surface area contributed by atoms with Gasteiger partial charge in [-0.1, -0.05) is 6.07 Å². The molecule has 1 aromatic carbocycles. The van der Waals surface area contributed by atoms with E-state index in [0.29, 0.717) is 5.56 Å². The molecule has 0 aliphatic carbocycles. The summed E-state index contributed by atoms with van der Waals surface area (Å²) in [4.78, 5) is 10.7. The molecule has 82 valence electrons. The van der Waals surface area contributed by atoms with Crippen molar-refractivity contribution in [3.05, 3.63) is 29.6 Å². The third-order valence-corrected chi connectivity index (χ3v) is 1.84. The minimum Gasteiger partial charge on any atom is -0.494 e. The summed E-state index contributed by atoms with van der Waals surface area (Å²) >= 11 is 0. The van der Waals surface area contributed by atoms with E-state index < -0.39 is 11.9 Å². The molecule has 0 bridgehead atoms. The number of methoxy groups -OCH3 is 2. The quantitative estimate of drug-likeness (QED) is 0.831. The van der Waals surface area contributed by atoms with E-state index in [9.17, 15) is 9.18 Å².